The number of amides is 1. The SMILES string of the molecule is CCn1c(=NC(=O)c2ccc(NS(=O)(=O)c3ccc(OC)cc3)cc2)sc2cccc(Br)c21. The molecule has 0 bridgehead atoms. The number of fused-ring (bicyclic) bond motifs is 1. The number of halogens is 1. The number of aryl methyl sites for hydroxylation is 1. The predicted octanol–water partition coefficient (Wildman–Crippen LogP) is 5.04. The van der Waals surface area contributed by atoms with Gasteiger partial charge in [0.25, 0.3) is 15.9 Å². The maximum absolute atomic E-state index is 12.8. The molecule has 4 rings (SSSR count). The van der Waals surface area contributed by atoms with Crippen molar-refractivity contribution in [2.45, 2.75) is 18.4 Å². The molecule has 4 aromatic rings. The number of hydrogen-bond donors (Lipinski definition) is 1. The van der Waals surface area contributed by atoms with Crippen LogP contribution in [0.1, 0.15) is 17.3 Å². The number of sulfonamides is 1. The van der Waals surface area contributed by atoms with E-state index < -0.39 is 15.9 Å². The Morgan fingerprint density at radius 2 is 1.79 bits per heavy atom. The zero-order valence-corrected chi connectivity index (χ0v) is 21.0. The molecule has 0 aliphatic heterocycles. The summed E-state index contributed by atoms with van der Waals surface area (Å²) in [5.74, 6) is 0.167. The number of hydrogen-bond acceptors (Lipinski definition) is 5. The van der Waals surface area contributed by atoms with E-state index in [1.807, 2.05) is 29.7 Å². The Labute approximate surface area is 203 Å². The molecule has 170 valence electrons. The standard InChI is InChI=1S/C23H20BrN3O4S2/c1-3-27-21-19(24)5-4-6-20(21)32-23(27)25-22(28)15-7-9-16(10-8-15)26-33(29,30)18-13-11-17(31-2)12-14-18/h4-14,26H,3H2,1-2H3. The minimum Gasteiger partial charge on any atom is -0.497 e. The maximum atomic E-state index is 12.8. The molecule has 0 unspecified atom stereocenters. The lowest BCUT2D eigenvalue weighted by atomic mass is 10.2. The Morgan fingerprint density at radius 3 is 2.42 bits per heavy atom. The first-order valence-corrected chi connectivity index (χ1v) is 13.1. The first kappa shape index (κ1) is 23.2. The molecule has 0 aliphatic rings. The number of rotatable bonds is 6. The Hall–Kier alpha value is -2.95. The summed E-state index contributed by atoms with van der Waals surface area (Å²) in [6.07, 6.45) is 0. The number of anilines is 1. The van der Waals surface area contributed by atoms with Crippen LogP contribution >= 0.6 is 27.3 Å². The molecule has 3 aromatic carbocycles. The van der Waals surface area contributed by atoms with E-state index in [-0.39, 0.29) is 4.90 Å². The summed E-state index contributed by atoms with van der Waals surface area (Å²) in [4.78, 5) is 17.8. The van der Waals surface area contributed by atoms with Crippen LogP contribution < -0.4 is 14.3 Å². The number of ether oxygens (including phenoxy) is 1. The molecule has 0 spiro atoms. The highest BCUT2D eigenvalue weighted by Gasteiger charge is 2.15. The molecule has 1 amide bonds. The van der Waals surface area contributed by atoms with Crippen LogP contribution in [0.15, 0.2) is 81.1 Å². The molecular formula is C23H20BrN3O4S2. The zero-order chi connectivity index (χ0) is 23.6. The normalized spacial score (nSPS) is 12.2. The fourth-order valence-electron chi connectivity index (χ4n) is 3.27. The van der Waals surface area contributed by atoms with Crippen molar-refractivity contribution in [3.8, 4) is 5.75 Å². The average molecular weight is 546 g/mol. The number of methoxy groups -OCH3 is 1. The van der Waals surface area contributed by atoms with Crippen LogP contribution in [0.25, 0.3) is 10.2 Å². The predicted molar refractivity (Wildman–Crippen MR) is 133 cm³/mol. The summed E-state index contributed by atoms with van der Waals surface area (Å²) >= 11 is 5.01. The van der Waals surface area contributed by atoms with Crippen LogP contribution in [-0.2, 0) is 16.6 Å². The number of thiazole rings is 1. The largest absolute Gasteiger partial charge is 0.497 e. The molecule has 1 N–H and O–H groups in total. The zero-order valence-electron chi connectivity index (χ0n) is 17.8. The number of nitrogens with zero attached hydrogens (tertiary/aromatic N) is 2. The second-order valence-electron chi connectivity index (χ2n) is 6.99. The minimum absolute atomic E-state index is 0.110. The molecule has 0 fully saturated rings. The molecular weight excluding hydrogens is 526 g/mol. The minimum atomic E-state index is -3.77. The third-order valence-electron chi connectivity index (χ3n) is 4.92. The second kappa shape index (κ2) is 9.50. The van der Waals surface area contributed by atoms with Gasteiger partial charge in [-0.2, -0.15) is 4.99 Å². The molecule has 0 radical (unpaired) electrons. The third-order valence-corrected chi connectivity index (χ3v) is 8.00. The Kier molecular flexibility index (Phi) is 6.68. The Balaban J connectivity index is 1.58. The van der Waals surface area contributed by atoms with Gasteiger partial charge in [-0.05, 0) is 83.5 Å². The molecule has 1 aromatic heterocycles. The van der Waals surface area contributed by atoms with Crippen molar-refractivity contribution in [3.05, 3.63) is 81.6 Å². The van der Waals surface area contributed by atoms with Crippen LogP contribution in [0.2, 0.25) is 0 Å². The quantitative estimate of drug-likeness (QED) is 0.367. The molecule has 33 heavy (non-hydrogen) atoms. The van der Waals surface area contributed by atoms with Crippen LogP contribution in [0.5, 0.6) is 5.75 Å². The van der Waals surface area contributed by atoms with Crippen molar-refractivity contribution in [1.82, 2.24) is 4.57 Å². The van der Waals surface area contributed by atoms with Gasteiger partial charge in [-0.1, -0.05) is 17.4 Å². The van der Waals surface area contributed by atoms with Crippen LogP contribution in [0, 0.1) is 0 Å². The maximum Gasteiger partial charge on any atom is 0.279 e. The molecule has 0 aliphatic carbocycles. The van der Waals surface area contributed by atoms with E-state index >= 15 is 0 Å². The van der Waals surface area contributed by atoms with E-state index in [0.717, 1.165) is 14.7 Å². The van der Waals surface area contributed by atoms with Gasteiger partial charge in [0, 0.05) is 22.3 Å². The van der Waals surface area contributed by atoms with E-state index in [9.17, 15) is 13.2 Å². The number of carbonyl (C=O) groups is 1. The lowest BCUT2D eigenvalue weighted by Crippen LogP contribution is -2.16. The van der Waals surface area contributed by atoms with Crippen LogP contribution in [0.3, 0.4) is 0 Å². The lowest BCUT2D eigenvalue weighted by Gasteiger charge is -2.09. The first-order chi connectivity index (χ1) is 15.8. The average Bonchev–Trinajstić information content (AvgIpc) is 3.17. The number of para-hydroxylation sites is 1. The van der Waals surface area contributed by atoms with E-state index in [4.69, 9.17) is 4.74 Å². The van der Waals surface area contributed by atoms with E-state index in [0.29, 0.717) is 28.3 Å². The Bertz CT molecular complexity index is 1490. The van der Waals surface area contributed by atoms with Gasteiger partial charge in [0.2, 0.25) is 0 Å². The van der Waals surface area contributed by atoms with Gasteiger partial charge in [-0.3, -0.25) is 9.52 Å². The van der Waals surface area contributed by atoms with Crippen molar-refractivity contribution in [3.63, 3.8) is 0 Å². The highest BCUT2D eigenvalue weighted by molar-refractivity contribution is 9.10. The van der Waals surface area contributed by atoms with E-state index in [1.165, 1.54) is 30.6 Å². The molecule has 0 saturated heterocycles. The van der Waals surface area contributed by atoms with Crippen molar-refractivity contribution >= 4 is 59.1 Å². The smallest absolute Gasteiger partial charge is 0.279 e. The van der Waals surface area contributed by atoms with Crippen molar-refractivity contribution < 1.29 is 17.9 Å². The number of benzene rings is 3. The summed E-state index contributed by atoms with van der Waals surface area (Å²) in [5.41, 5.74) is 1.71. The van der Waals surface area contributed by atoms with E-state index in [2.05, 4.69) is 25.6 Å². The number of nitrogens with one attached hydrogen (secondary N) is 1. The fraction of sp³-hybridized carbons (Fsp3) is 0.130. The highest BCUT2D eigenvalue weighted by atomic mass is 79.9. The number of carbonyl (C=O) groups excluding carboxylic acids is 1. The van der Waals surface area contributed by atoms with Crippen LogP contribution in [-0.4, -0.2) is 26.0 Å². The topological polar surface area (TPSA) is 89.8 Å². The monoisotopic (exact) mass is 545 g/mol. The van der Waals surface area contributed by atoms with Crippen molar-refractivity contribution in [2.24, 2.45) is 4.99 Å². The van der Waals surface area contributed by atoms with Gasteiger partial charge < -0.3 is 9.30 Å². The molecule has 10 heteroatoms. The van der Waals surface area contributed by atoms with Gasteiger partial charge in [0.1, 0.15) is 5.75 Å². The van der Waals surface area contributed by atoms with Crippen molar-refractivity contribution in [1.29, 1.82) is 0 Å². The summed E-state index contributed by atoms with van der Waals surface area (Å²) in [6, 6.07) is 18.2. The summed E-state index contributed by atoms with van der Waals surface area (Å²) in [7, 11) is -2.26. The molecule has 1 heterocycles. The first-order valence-electron chi connectivity index (χ1n) is 9.96. The summed E-state index contributed by atoms with van der Waals surface area (Å²) in [6.45, 7) is 2.67. The van der Waals surface area contributed by atoms with Gasteiger partial charge in [-0.15, -0.1) is 0 Å². The number of aromatic nitrogens is 1. The van der Waals surface area contributed by atoms with E-state index in [1.54, 1.807) is 36.4 Å². The van der Waals surface area contributed by atoms with Gasteiger partial charge in [-0.25, -0.2) is 8.42 Å². The third kappa shape index (κ3) is 4.87. The Morgan fingerprint density at radius 1 is 1.09 bits per heavy atom. The summed E-state index contributed by atoms with van der Waals surface area (Å²) < 4.78 is 36.7. The highest BCUT2D eigenvalue weighted by Crippen LogP contribution is 2.26. The van der Waals surface area contributed by atoms with Gasteiger partial charge in [0.05, 0.1) is 22.2 Å². The van der Waals surface area contributed by atoms with Gasteiger partial charge in [0.15, 0.2) is 4.80 Å². The molecule has 0 saturated carbocycles. The molecule has 7 nitrogen and oxygen atoms in total. The lowest BCUT2D eigenvalue weighted by molar-refractivity contribution is 0.0998. The second-order valence-corrected chi connectivity index (χ2v) is 10.5. The summed E-state index contributed by atoms with van der Waals surface area (Å²) in [5, 5.41) is 0. The molecule has 0 atom stereocenters. The van der Waals surface area contributed by atoms with Crippen molar-refractivity contribution in [2.75, 3.05) is 11.8 Å². The fourth-order valence-corrected chi connectivity index (χ4v) is 6.16. The van der Waals surface area contributed by atoms with Crippen LogP contribution in [0.4, 0.5) is 5.69 Å². The van der Waals surface area contributed by atoms with Gasteiger partial charge >= 0.3 is 0 Å².